The molecule has 1 N–H and O–H groups in total. The highest BCUT2D eigenvalue weighted by Gasteiger charge is 2.54. The molecular formula is C20H20O4. The molecule has 24 heavy (non-hydrogen) atoms. The Bertz CT molecular complexity index is 773. The fourth-order valence-electron chi connectivity index (χ4n) is 2.98. The number of ether oxygens (including phenoxy) is 1. The molecule has 1 fully saturated rings. The minimum absolute atomic E-state index is 0.188. The molecule has 2 aromatic rings. The van der Waals surface area contributed by atoms with Gasteiger partial charge in [0.05, 0.1) is 17.1 Å². The van der Waals surface area contributed by atoms with Gasteiger partial charge in [-0.05, 0) is 55.5 Å². The number of carboxylic acids is 1. The summed E-state index contributed by atoms with van der Waals surface area (Å²) in [4.78, 5) is 24.0. The minimum Gasteiger partial charge on any atom is -0.478 e. The van der Waals surface area contributed by atoms with E-state index in [4.69, 9.17) is 4.74 Å². The van der Waals surface area contributed by atoms with E-state index >= 15 is 0 Å². The number of rotatable bonds is 5. The zero-order valence-corrected chi connectivity index (χ0v) is 13.8. The van der Waals surface area contributed by atoms with Crippen LogP contribution in [0.15, 0.2) is 48.5 Å². The van der Waals surface area contributed by atoms with E-state index in [1.165, 1.54) is 0 Å². The van der Waals surface area contributed by atoms with E-state index in [1.807, 2.05) is 44.2 Å². The predicted molar refractivity (Wildman–Crippen MR) is 91.0 cm³/mol. The molecule has 124 valence electrons. The summed E-state index contributed by atoms with van der Waals surface area (Å²) < 4.78 is 5.44. The highest BCUT2D eigenvalue weighted by atomic mass is 16.5. The van der Waals surface area contributed by atoms with Gasteiger partial charge >= 0.3 is 11.9 Å². The van der Waals surface area contributed by atoms with Gasteiger partial charge in [0.1, 0.15) is 0 Å². The molecule has 3 rings (SSSR count). The number of aromatic carboxylic acids is 1. The Balaban J connectivity index is 2.12. The maximum Gasteiger partial charge on any atom is 0.335 e. The van der Waals surface area contributed by atoms with Crippen LogP contribution in [-0.2, 0) is 14.9 Å². The van der Waals surface area contributed by atoms with Crippen LogP contribution in [0.25, 0.3) is 11.1 Å². The van der Waals surface area contributed by atoms with Gasteiger partial charge in [-0.3, -0.25) is 4.79 Å². The first kappa shape index (κ1) is 16.2. The number of esters is 1. The minimum atomic E-state index is -0.996. The largest absolute Gasteiger partial charge is 0.478 e. The molecule has 0 spiro atoms. The molecule has 0 atom stereocenters. The maximum atomic E-state index is 12.6. The van der Waals surface area contributed by atoms with Gasteiger partial charge in [0.25, 0.3) is 0 Å². The third-order valence-corrected chi connectivity index (χ3v) is 4.35. The second kappa shape index (κ2) is 6.11. The number of carbonyl (C=O) groups is 2. The quantitative estimate of drug-likeness (QED) is 0.843. The van der Waals surface area contributed by atoms with Gasteiger partial charge in [0, 0.05) is 0 Å². The van der Waals surface area contributed by atoms with Crippen LogP contribution in [0.1, 0.15) is 42.6 Å². The Morgan fingerprint density at radius 2 is 1.75 bits per heavy atom. The SMILES string of the molecule is CC(C)OC(=O)C1(c2cc(C(=O)O)ccc2-c2ccccc2)CC1. The van der Waals surface area contributed by atoms with E-state index in [0.29, 0.717) is 12.8 Å². The summed E-state index contributed by atoms with van der Waals surface area (Å²) in [5.41, 5.74) is 2.07. The van der Waals surface area contributed by atoms with Gasteiger partial charge in [-0.1, -0.05) is 36.4 Å². The number of hydrogen-bond donors (Lipinski definition) is 1. The number of hydrogen-bond acceptors (Lipinski definition) is 3. The molecule has 1 aliphatic rings. The first-order valence-corrected chi connectivity index (χ1v) is 8.08. The van der Waals surface area contributed by atoms with Gasteiger partial charge in [-0.15, -0.1) is 0 Å². The van der Waals surface area contributed by atoms with Crippen molar-refractivity contribution in [2.45, 2.75) is 38.2 Å². The normalized spacial score (nSPS) is 15.1. The Morgan fingerprint density at radius 3 is 2.29 bits per heavy atom. The number of carboxylic acid groups (broad SMARTS) is 1. The molecule has 2 aromatic carbocycles. The van der Waals surface area contributed by atoms with Crippen LogP contribution in [0.2, 0.25) is 0 Å². The fraction of sp³-hybridized carbons (Fsp3) is 0.300. The Labute approximate surface area is 141 Å². The molecule has 0 aliphatic heterocycles. The van der Waals surface area contributed by atoms with Crippen LogP contribution in [-0.4, -0.2) is 23.1 Å². The Kier molecular flexibility index (Phi) is 4.14. The van der Waals surface area contributed by atoms with Crippen LogP contribution in [0, 0.1) is 0 Å². The van der Waals surface area contributed by atoms with Crippen molar-refractivity contribution >= 4 is 11.9 Å². The molecule has 0 saturated heterocycles. The van der Waals surface area contributed by atoms with Crippen LogP contribution in [0.4, 0.5) is 0 Å². The van der Waals surface area contributed by atoms with E-state index in [1.54, 1.807) is 18.2 Å². The zero-order chi connectivity index (χ0) is 17.3. The van der Waals surface area contributed by atoms with E-state index in [2.05, 4.69) is 0 Å². The summed E-state index contributed by atoms with van der Waals surface area (Å²) in [6.45, 7) is 3.64. The summed E-state index contributed by atoms with van der Waals surface area (Å²) in [6.07, 6.45) is 1.17. The van der Waals surface area contributed by atoms with E-state index in [9.17, 15) is 14.7 Å². The molecule has 0 aromatic heterocycles. The Morgan fingerprint density at radius 1 is 1.08 bits per heavy atom. The summed E-state index contributed by atoms with van der Waals surface area (Å²) in [5.74, 6) is -1.26. The predicted octanol–water partition coefficient (Wildman–Crippen LogP) is 4.04. The van der Waals surface area contributed by atoms with Crippen molar-refractivity contribution in [1.29, 1.82) is 0 Å². The van der Waals surface area contributed by atoms with Crippen molar-refractivity contribution in [3.8, 4) is 11.1 Å². The summed E-state index contributed by atoms with van der Waals surface area (Å²) >= 11 is 0. The molecule has 0 heterocycles. The van der Waals surface area contributed by atoms with Crippen molar-refractivity contribution < 1.29 is 19.4 Å². The van der Waals surface area contributed by atoms with E-state index < -0.39 is 11.4 Å². The van der Waals surface area contributed by atoms with Crippen LogP contribution >= 0.6 is 0 Å². The lowest BCUT2D eigenvalue weighted by atomic mass is 9.86. The molecule has 1 saturated carbocycles. The molecular weight excluding hydrogens is 304 g/mol. The zero-order valence-electron chi connectivity index (χ0n) is 13.8. The second-order valence-corrected chi connectivity index (χ2v) is 6.47. The first-order chi connectivity index (χ1) is 11.4. The first-order valence-electron chi connectivity index (χ1n) is 8.08. The highest BCUT2D eigenvalue weighted by Crippen LogP contribution is 2.52. The standard InChI is InChI=1S/C20H20O4/c1-13(2)24-19(23)20(10-11-20)17-12-15(18(21)22)8-9-16(17)14-6-4-3-5-7-14/h3-9,12-13H,10-11H2,1-2H3,(H,21,22). The molecule has 0 radical (unpaired) electrons. The third-order valence-electron chi connectivity index (χ3n) is 4.35. The number of carbonyl (C=O) groups excluding carboxylic acids is 1. The molecule has 0 amide bonds. The lowest BCUT2D eigenvalue weighted by molar-refractivity contribution is -0.150. The van der Waals surface area contributed by atoms with Gasteiger partial charge in [-0.25, -0.2) is 4.79 Å². The van der Waals surface area contributed by atoms with Crippen molar-refractivity contribution in [3.05, 3.63) is 59.7 Å². The lowest BCUT2D eigenvalue weighted by Gasteiger charge is -2.21. The molecule has 4 nitrogen and oxygen atoms in total. The van der Waals surface area contributed by atoms with Crippen molar-refractivity contribution in [2.24, 2.45) is 0 Å². The van der Waals surface area contributed by atoms with Crippen LogP contribution < -0.4 is 0 Å². The monoisotopic (exact) mass is 324 g/mol. The maximum absolute atomic E-state index is 12.6. The van der Waals surface area contributed by atoms with Crippen LogP contribution in [0.5, 0.6) is 0 Å². The molecule has 1 aliphatic carbocycles. The smallest absolute Gasteiger partial charge is 0.335 e. The number of benzene rings is 2. The molecule has 0 bridgehead atoms. The van der Waals surface area contributed by atoms with Gasteiger partial charge in [0.2, 0.25) is 0 Å². The Hall–Kier alpha value is -2.62. The second-order valence-electron chi connectivity index (χ2n) is 6.47. The van der Waals surface area contributed by atoms with Crippen molar-refractivity contribution in [2.75, 3.05) is 0 Å². The average Bonchev–Trinajstić information content (AvgIpc) is 3.36. The van der Waals surface area contributed by atoms with Crippen LogP contribution in [0.3, 0.4) is 0 Å². The summed E-state index contributed by atoms with van der Waals surface area (Å²) in [6, 6.07) is 14.7. The molecule has 0 unspecified atom stereocenters. The van der Waals surface area contributed by atoms with Gasteiger partial charge in [-0.2, -0.15) is 0 Å². The highest BCUT2D eigenvalue weighted by molar-refractivity contribution is 5.94. The van der Waals surface area contributed by atoms with Crippen molar-refractivity contribution in [3.63, 3.8) is 0 Å². The fourth-order valence-corrected chi connectivity index (χ4v) is 2.98. The van der Waals surface area contributed by atoms with E-state index in [0.717, 1.165) is 16.7 Å². The third kappa shape index (κ3) is 2.92. The van der Waals surface area contributed by atoms with E-state index in [-0.39, 0.29) is 17.6 Å². The van der Waals surface area contributed by atoms with Crippen molar-refractivity contribution in [1.82, 2.24) is 0 Å². The van der Waals surface area contributed by atoms with Gasteiger partial charge < -0.3 is 9.84 Å². The summed E-state index contributed by atoms with van der Waals surface area (Å²) in [7, 11) is 0. The average molecular weight is 324 g/mol. The molecule has 4 heteroatoms. The lowest BCUT2D eigenvalue weighted by Crippen LogP contribution is -2.27. The van der Waals surface area contributed by atoms with Gasteiger partial charge in [0.15, 0.2) is 0 Å². The summed E-state index contributed by atoms with van der Waals surface area (Å²) in [5, 5.41) is 9.32. The topological polar surface area (TPSA) is 63.6 Å².